The van der Waals surface area contributed by atoms with Crippen LogP contribution in [0.25, 0.3) is 11.0 Å². The summed E-state index contributed by atoms with van der Waals surface area (Å²) >= 11 is 6.05. The average Bonchev–Trinajstić information content (AvgIpc) is 2.89. The Morgan fingerprint density at radius 2 is 1.95 bits per heavy atom. The van der Waals surface area contributed by atoms with Crippen LogP contribution >= 0.6 is 11.6 Å². The van der Waals surface area contributed by atoms with Gasteiger partial charge in [-0.05, 0) is 50.3 Å². The Morgan fingerprint density at radius 1 is 1.19 bits per heavy atom. The lowest BCUT2D eigenvalue weighted by Crippen LogP contribution is -2.29. The predicted molar refractivity (Wildman–Crippen MR) is 90.0 cm³/mol. The summed E-state index contributed by atoms with van der Waals surface area (Å²) in [5, 5.41) is 5.35. The zero-order valence-electron chi connectivity index (χ0n) is 13.2. The molecule has 116 valence electrons. The molecule has 2 rings (SSSR count). The van der Waals surface area contributed by atoms with Crippen LogP contribution in [0.3, 0.4) is 0 Å². The third-order valence-corrected chi connectivity index (χ3v) is 4.15. The van der Waals surface area contributed by atoms with Crippen molar-refractivity contribution in [2.45, 2.75) is 33.2 Å². The zero-order valence-corrected chi connectivity index (χ0v) is 13.9. The van der Waals surface area contributed by atoms with E-state index in [9.17, 15) is 0 Å². The summed E-state index contributed by atoms with van der Waals surface area (Å²) in [5.74, 6) is 1.00. The highest BCUT2D eigenvalue weighted by atomic mass is 35.5. The Hall–Kier alpha value is -1.03. The molecule has 2 aromatic rings. The van der Waals surface area contributed by atoms with E-state index in [1.54, 1.807) is 0 Å². The molecule has 21 heavy (non-hydrogen) atoms. The van der Waals surface area contributed by atoms with Crippen LogP contribution in [0.5, 0.6) is 0 Å². The maximum absolute atomic E-state index is 6.05. The number of hydrogen-bond acceptors (Lipinski definition) is 3. The number of halogens is 1. The van der Waals surface area contributed by atoms with E-state index in [2.05, 4.69) is 37.1 Å². The molecule has 1 N–H and O–H groups in total. The van der Waals surface area contributed by atoms with E-state index in [1.807, 2.05) is 18.2 Å². The van der Waals surface area contributed by atoms with Crippen molar-refractivity contribution in [3.05, 3.63) is 35.0 Å². The molecule has 4 heteroatoms. The van der Waals surface area contributed by atoms with E-state index in [0.29, 0.717) is 0 Å². The van der Waals surface area contributed by atoms with Gasteiger partial charge in [0.05, 0.1) is 6.04 Å². The molecule has 0 saturated carbocycles. The minimum atomic E-state index is 0.252. The topological polar surface area (TPSA) is 28.4 Å². The first-order chi connectivity index (χ1) is 10.2. The lowest BCUT2D eigenvalue weighted by atomic mass is 10.1. The summed E-state index contributed by atoms with van der Waals surface area (Å²) < 4.78 is 6.00. The molecule has 0 saturated heterocycles. The van der Waals surface area contributed by atoms with Crippen molar-refractivity contribution in [3.8, 4) is 0 Å². The summed E-state index contributed by atoms with van der Waals surface area (Å²) in [6, 6.07) is 8.12. The van der Waals surface area contributed by atoms with Gasteiger partial charge in [0.25, 0.3) is 0 Å². The summed E-state index contributed by atoms with van der Waals surface area (Å²) in [7, 11) is 0. The SMILES string of the molecule is CCNC(CCN(CC)CC)c1cc2cc(Cl)ccc2o1. The Bertz CT molecular complexity index is 563. The molecule has 0 aliphatic carbocycles. The fraction of sp³-hybridized carbons (Fsp3) is 0.529. The monoisotopic (exact) mass is 308 g/mol. The fourth-order valence-corrected chi connectivity index (χ4v) is 2.83. The van der Waals surface area contributed by atoms with E-state index in [-0.39, 0.29) is 6.04 Å². The number of rotatable bonds is 8. The van der Waals surface area contributed by atoms with Gasteiger partial charge in [0, 0.05) is 17.0 Å². The molecule has 0 radical (unpaired) electrons. The molecule has 0 fully saturated rings. The Morgan fingerprint density at radius 3 is 2.62 bits per heavy atom. The van der Waals surface area contributed by atoms with Crippen molar-refractivity contribution in [1.29, 1.82) is 0 Å². The van der Waals surface area contributed by atoms with Crippen molar-refractivity contribution in [2.24, 2.45) is 0 Å². The van der Waals surface area contributed by atoms with Gasteiger partial charge in [-0.3, -0.25) is 0 Å². The van der Waals surface area contributed by atoms with Crippen molar-refractivity contribution in [3.63, 3.8) is 0 Å². The summed E-state index contributed by atoms with van der Waals surface area (Å²) in [6.45, 7) is 10.7. The second-order valence-electron chi connectivity index (χ2n) is 5.26. The molecule has 0 amide bonds. The first-order valence-electron chi connectivity index (χ1n) is 7.82. The summed E-state index contributed by atoms with van der Waals surface area (Å²) in [4.78, 5) is 2.43. The van der Waals surface area contributed by atoms with Crippen LogP contribution < -0.4 is 5.32 Å². The molecule has 0 bridgehead atoms. The van der Waals surface area contributed by atoms with Crippen LogP contribution in [0, 0.1) is 0 Å². The van der Waals surface area contributed by atoms with Gasteiger partial charge < -0.3 is 14.6 Å². The highest BCUT2D eigenvalue weighted by Gasteiger charge is 2.16. The standard InChI is InChI=1S/C17H25ClN2O/c1-4-19-15(9-10-20(5-2)6-3)17-12-13-11-14(18)7-8-16(13)21-17/h7-8,11-12,15,19H,4-6,9-10H2,1-3H3. The molecule has 0 aliphatic heterocycles. The lowest BCUT2D eigenvalue weighted by Gasteiger charge is -2.22. The minimum absolute atomic E-state index is 0.252. The summed E-state index contributed by atoms with van der Waals surface area (Å²) in [5.41, 5.74) is 0.903. The van der Waals surface area contributed by atoms with Crippen LogP contribution in [-0.2, 0) is 0 Å². The first kappa shape index (κ1) is 16.3. The van der Waals surface area contributed by atoms with Gasteiger partial charge in [0.2, 0.25) is 0 Å². The number of benzene rings is 1. The second kappa shape index (κ2) is 7.83. The number of nitrogens with zero attached hydrogens (tertiary/aromatic N) is 1. The van der Waals surface area contributed by atoms with E-state index < -0.39 is 0 Å². The molecule has 1 atom stereocenters. The maximum atomic E-state index is 6.05. The molecular formula is C17H25ClN2O. The molecule has 1 unspecified atom stereocenters. The van der Waals surface area contributed by atoms with E-state index >= 15 is 0 Å². The predicted octanol–water partition coefficient (Wildman–Crippen LogP) is 4.47. The molecule has 3 nitrogen and oxygen atoms in total. The molecular weight excluding hydrogens is 284 g/mol. The van der Waals surface area contributed by atoms with Gasteiger partial charge in [0.15, 0.2) is 0 Å². The van der Waals surface area contributed by atoms with Crippen LogP contribution in [0.2, 0.25) is 5.02 Å². The van der Waals surface area contributed by atoms with Crippen molar-refractivity contribution in [2.75, 3.05) is 26.2 Å². The fourth-order valence-electron chi connectivity index (χ4n) is 2.65. The quantitative estimate of drug-likeness (QED) is 0.780. The molecule has 1 aromatic carbocycles. The summed E-state index contributed by atoms with van der Waals surface area (Å²) in [6.07, 6.45) is 1.04. The number of furan rings is 1. The maximum Gasteiger partial charge on any atom is 0.134 e. The van der Waals surface area contributed by atoms with Gasteiger partial charge in [-0.25, -0.2) is 0 Å². The van der Waals surface area contributed by atoms with Crippen LogP contribution in [0.15, 0.2) is 28.7 Å². The third kappa shape index (κ3) is 4.22. The highest BCUT2D eigenvalue weighted by Crippen LogP contribution is 2.28. The minimum Gasteiger partial charge on any atom is -0.459 e. The van der Waals surface area contributed by atoms with Gasteiger partial charge in [-0.15, -0.1) is 0 Å². The average molecular weight is 309 g/mol. The molecule has 1 heterocycles. The number of hydrogen-bond donors (Lipinski definition) is 1. The molecule has 0 aliphatic rings. The molecule has 1 aromatic heterocycles. The third-order valence-electron chi connectivity index (χ3n) is 3.92. The van der Waals surface area contributed by atoms with Crippen LogP contribution in [0.1, 0.15) is 39.0 Å². The smallest absolute Gasteiger partial charge is 0.134 e. The zero-order chi connectivity index (χ0) is 15.2. The second-order valence-corrected chi connectivity index (χ2v) is 5.69. The van der Waals surface area contributed by atoms with Gasteiger partial charge in [-0.1, -0.05) is 32.4 Å². The van der Waals surface area contributed by atoms with Crippen LogP contribution in [-0.4, -0.2) is 31.1 Å². The van der Waals surface area contributed by atoms with Gasteiger partial charge >= 0.3 is 0 Å². The van der Waals surface area contributed by atoms with Crippen molar-refractivity contribution in [1.82, 2.24) is 10.2 Å². The van der Waals surface area contributed by atoms with Gasteiger partial charge in [0.1, 0.15) is 11.3 Å². The van der Waals surface area contributed by atoms with Crippen molar-refractivity contribution >= 4 is 22.6 Å². The van der Waals surface area contributed by atoms with E-state index in [1.165, 1.54) is 0 Å². The molecule has 0 spiro atoms. The van der Waals surface area contributed by atoms with Gasteiger partial charge in [-0.2, -0.15) is 0 Å². The van der Waals surface area contributed by atoms with E-state index in [4.69, 9.17) is 16.0 Å². The Kier molecular flexibility index (Phi) is 6.09. The van der Waals surface area contributed by atoms with Crippen molar-refractivity contribution < 1.29 is 4.42 Å². The number of nitrogens with one attached hydrogen (secondary N) is 1. The van der Waals surface area contributed by atoms with E-state index in [0.717, 1.165) is 54.4 Å². The largest absolute Gasteiger partial charge is 0.459 e. The van der Waals surface area contributed by atoms with Crippen LogP contribution in [0.4, 0.5) is 0 Å². The Labute approximate surface area is 132 Å². The first-order valence-corrected chi connectivity index (χ1v) is 8.20. The Balaban J connectivity index is 2.15. The lowest BCUT2D eigenvalue weighted by molar-refractivity contribution is 0.274. The number of fused-ring (bicyclic) bond motifs is 1. The normalized spacial score (nSPS) is 13.2. The highest BCUT2D eigenvalue weighted by molar-refractivity contribution is 6.31.